The molecule has 0 aromatic heterocycles. The van der Waals surface area contributed by atoms with Gasteiger partial charge in [-0.25, -0.2) is 0 Å². The van der Waals surface area contributed by atoms with Gasteiger partial charge in [0.05, 0.1) is 0 Å². The fourth-order valence-electron chi connectivity index (χ4n) is 0. The van der Waals surface area contributed by atoms with Gasteiger partial charge < -0.3 is 86.8 Å². The third-order valence-electron chi connectivity index (χ3n) is 0. The number of carbonyl (C=O) groups excluding carboxylic acids is 1. The summed E-state index contributed by atoms with van der Waals surface area (Å²) in [7, 11) is 0. The minimum atomic E-state index is -0.500. The molecular formula is CH13Mo2N3O13-12. The molecule has 0 aliphatic rings. The third kappa shape index (κ3) is 59000. The maximum atomic E-state index is 8.25. The molecule has 0 radical (unpaired) electrons. The fraction of sp³-hybridized carbons (Fsp3) is 0. The first-order valence-corrected chi connectivity index (χ1v) is 1.14. The van der Waals surface area contributed by atoms with E-state index in [9.17, 15) is 0 Å². The molecule has 0 heterocycles. The van der Waals surface area contributed by atoms with Gasteiger partial charge in [-0.15, -0.1) is 0 Å². The first-order valence-electron chi connectivity index (χ1n) is 1.14. The monoisotopic (exact) mass is 471 g/mol. The van der Waals surface area contributed by atoms with Crippen LogP contribution < -0.4 is 65.6 Å². The Hall–Kier alpha value is 0.287. The van der Waals surface area contributed by atoms with Crippen molar-refractivity contribution in [2.75, 3.05) is 0 Å². The Balaban J connectivity index is -0.00000000197. The van der Waals surface area contributed by atoms with Gasteiger partial charge in [0.2, 0.25) is 0 Å². The molecule has 16 nitrogen and oxygen atoms in total. The smallest absolute Gasteiger partial charge is 0.0275 e. The zero-order valence-corrected chi connectivity index (χ0v) is 13.7. The molecule has 0 atom stereocenters. The van der Waals surface area contributed by atoms with Crippen molar-refractivity contribution in [3.05, 3.63) is 0 Å². The Morgan fingerprint density at radius 2 is 0.526 bits per heavy atom. The van der Waals surface area contributed by atoms with Crippen molar-refractivity contribution in [2.24, 2.45) is 0 Å². The topological polar surface area (TPSA) is 420 Å². The van der Waals surface area contributed by atoms with E-state index >= 15 is 0 Å². The third-order valence-corrected chi connectivity index (χ3v) is 0. The van der Waals surface area contributed by atoms with E-state index in [0.29, 0.717) is 0 Å². The molecule has 12 N–H and O–H groups in total. The quantitative estimate of drug-likeness (QED) is 0.131. The second-order valence-corrected chi connectivity index (χ2v) is 0.0962. The SMILES string of the molecule is O=C[O-].[Mo].[Mo].[NH4+].[NH4+].[NH4+].[O-2].[O-2].[O-2].[O-][O-].[O-][O-].[O-][O-].[O-][O-]. The summed E-state index contributed by atoms with van der Waals surface area (Å²) in [5, 5.41) is 64.2. The molecule has 0 aliphatic heterocycles. The van der Waals surface area contributed by atoms with Gasteiger partial charge in [-0.2, -0.15) is 0 Å². The van der Waals surface area contributed by atoms with Crippen molar-refractivity contribution in [2.45, 2.75) is 0 Å². The average Bonchev–Trinajstić information content (AvgIpc) is 2.18. The van der Waals surface area contributed by atoms with Gasteiger partial charge in [-0.1, -0.05) is 0 Å². The molecular weight excluding hydrogens is 454 g/mol. The summed E-state index contributed by atoms with van der Waals surface area (Å²) < 4.78 is 0. The normalized spacial score (nSPS) is 1.89. The van der Waals surface area contributed by atoms with Gasteiger partial charge in [0.15, 0.2) is 0 Å². The molecule has 134 valence electrons. The molecule has 0 amide bonds. The molecule has 0 saturated heterocycles. The van der Waals surface area contributed by atoms with E-state index in [1.165, 1.54) is 0 Å². The van der Waals surface area contributed by atoms with Crippen molar-refractivity contribution >= 4 is 6.47 Å². The van der Waals surface area contributed by atoms with Crippen LogP contribution in [0.4, 0.5) is 0 Å². The van der Waals surface area contributed by atoms with Gasteiger partial charge in [-0.05, 0) is 0 Å². The van der Waals surface area contributed by atoms with Crippen molar-refractivity contribution in [3.8, 4) is 0 Å². The Morgan fingerprint density at radius 1 is 0.526 bits per heavy atom. The van der Waals surface area contributed by atoms with Crippen LogP contribution in [0.3, 0.4) is 0 Å². The van der Waals surface area contributed by atoms with E-state index in [2.05, 4.69) is 0 Å². The maximum Gasteiger partial charge on any atom is 0.0275 e. The number of quaternary nitrogens is 3. The summed E-state index contributed by atoms with van der Waals surface area (Å²) in [6.45, 7) is -0.500. The van der Waals surface area contributed by atoms with Crippen molar-refractivity contribution in [3.63, 3.8) is 0 Å². The molecule has 0 saturated carbocycles. The van der Waals surface area contributed by atoms with Gasteiger partial charge in [0.1, 0.15) is 0 Å². The van der Waals surface area contributed by atoms with Crippen LogP contribution in [0.25, 0.3) is 0 Å². The first-order chi connectivity index (χ1) is 5.41. The Kier molecular flexibility index (Phi) is 28400. The van der Waals surface area contributed by atoms with E-state index in [1.807, 2.05) is 0 Å². The molecule has 0 aromatic carbocycles. The van der Waals surface area contributed by atoms with Crippen molar-refractivity contribution < 1.29 is 111 Å². The zero-order valence-electron chi connectivity index (χ0n) is 9.70. The van der Waals surface area contributed by atoms with E-state index < -0.39 is 6.47 Å². The van der Waals surface area contributed by atoms with E-state index in [1.54, 1.807) is 0 Å². The van der Waals surface area contributed by atoms with Crippen LogP contribution in [0.15, 0.2) is 0 Å². The molecule has 0 unspecified atom stereocenters. The molecule has 18 heteroatoms. The molecule has 0 aromatic rings. The average molecular weight is 467 g/mol. The Bertz CT molecular complexity index is 33.4. The van der Waals surface area contributed by atoms with Crippen LogP contribution >= 0.6 is 0 Å². The first kappa shape index (κ1) is 163. The van der Waals surface area contributed by atoms with Crippen LogP contribution in [0.1, 0.15) is 0 Å². The fourth-order valence-corrected chi connectivity index (χ4v) is 0. The number of rotatable bonds is 0. The predicted molar refractivity (Wildman–Crippen MR) is 26.1 cm³/mol. The number of carboxylic acid groups (broad SMARTS) is 1. The van der Waals surface area contributed by atoms with Gasteiger partial charge in [0, 0.05) is 48.6 Å². The number of hydrogen-bond acceptors (Lipinski definition) is 10. The second-order valence-electron chi connectivity index (χ2n) is 0.0962. The van der Waals surface area contributed by atoms with Gasteiger partial charge >= 0.3 is 0 Å². The summed E-state index contributed by atoms with van der Waals surface area (Å²) in [5.41, 5.74) is 0. The van der Waals surface area contributed by atoms with Crippen LogP contribution in [-0.2, 0) is 63.4 Å². The van der Waals surface area contributed by atoms with Crippen LogP contribution in [0, 0.1) is 0 Å². The second kappa shape index (κ2) is 3300. The predicted octanol–water partition coefficient (Wildman–Crippen LogP) is -10.4. The summed E-state index contributed by atoms with van der Waals surface area (Å²) in [6.07, 6.45) is 0. The minimum Gasteiger partial charge on any atom is -2.00 e. The molecule has 19 heavy (non-hydrogen) atoms. The summed E-state index contributed by atoms with van der Waals surface area (Å²) in [6, 6.07) is 0. The molecule has 0 aliphatic carbocycles. The van der Waals surface area contributed by atoms with Crippen molar-refractivity contribution in [1.29, 1.82) is 0 Å². The Labute approximate surface area is 135 Å². The largest absolute Gasteiger partial charge is 2.00 e. The van der Waals surface area contributed by atoms with Crippen LogP contribution in [0.2, 0.25) is 0 Å². The molecule has 0 rings (SSSR count). The van der Waals surface area contributed by atoms with E-state index in [0.717, 1.165) is 0 Å². The Morgan fingerprint density at radius 3 is 0.526 bits per heavy atom. The minimum absolute atomic E-state index is 0. The molecule has 0 spiro atoms. The van der Waals surface area contributed by atoms with Gasteiger partial charge in [-0.3, -0.25) is 0 Å². The van der Waals surface area contributed by atoms with Crippen molar-refractivity contribution in [1.82, 2.24) is 18.5 Å². The summed E-state index contributed by atoms with van der Waals surface area (Å²) in [4.78, 5) is 8.25. The van der Waals surface area contributed by atoms with Crippen LogP contribution in [-0.4, -0.2) is 6.47 Å². The number of carbonyl (C=O) groups is 1. The van der Waals surface area contributed by atoms with Crippen LogP contribution in [0.5, 0.6) is 0 Å². The van der Waals surface area contributed by atoms with E-state index in [-0.39, 0.29) is 77.0 Å². The summed E-state index contributed by atoms with van der Waals surface area (Å²) in [5.74, 6) is 0. The molecule has 0 bridgehead atoms. The van der Waals surface area contributed by atoms with E-state index in [4.69, 9.17) is 52.0 Å². The zero-order chi connectivity index (χ0) is 10.7. The molecule has 0 fully saturated rings. The number of hydrogen-bond donors (Lipinski definition) is 3. The maximum absolute atomic E-state index is 8.25. The van der Waals surface area contributed by atoms with Gasteiger partial charge in [0.25, 0.3) is 0 Å². The summed E-state index contributed by atoms with van der Waals surface area (Å²) >= 11 is 0. The standard InChI is InChI=1S/CH2O2.2Mo.3H3N.4O2.3O/c2-1-3;;;;;;4*1-2;;;/h1H,(H,2,3);;;3*1H3;;;;;;;/q;;;;;;7*-2/p+2.